The maximum atomic E-state index is 13.3. The van der Waals surface area contributed by atoms with Gasteiger partial charge >= 0.3 is 0 Å². The van der Waals surface area contributed by atoms with Gasteiger partial charge in [-0.25, -0.2) is 9.07 Å². The third-order valence-electron chi connectivity index (χ3n) is 4.40. The molecule has 0 N–H and O–H groups in total. The molecule has 1 saturated heterocycles. The zero-order valence-electron chi connectivity index (χ0n) is 14.1. The molecular formula is C16H23FN6O. The van der Waals surface area contributed by atoms with Gasteiger partial charge in [-0.05, 0) is 35.2 Å². The van der Waals surface area contributed by atoms with Crippen LogP contribution in [0, 0.1) is 5.82 Å². The Balaban J connectivity index is 1.92. The van der Waals surface area contributed by atoms with Crippen molar-refractivity contribution in [2.24, 2.45) is 0 Å². The van der Waals surface area contributed by atoms with Crippen molar-refractivity contribution in [3.05, 3.63) is 41.5 Å². The molecule has 7 nitrogen and oxygen atoms in total. The van der Waals surface area contributed by atoms with Crippen molar-refractivity contribution in [3.8, 4) is 0 Å². The molecule has 1 unspecified atom stereocenters. The number of hydrogen-bond donors (Lipinski definition) is 0. The highest BCUT2D eigenvalue weighted by Crippen LogP contribution is 2.28. The monoisotopic (exact) mass is 334 g/mol. The third kappa shape index (κ3) is 3.77. The number of likely N-dealkylation sites (N-methyl/N-ethyl adjacent to an activating group) is 1. The number of rotatable bonds is 6. The molecule has 0 radical (unpaired) electrons. The molecule has 24 heavy (non-hydrogen) atoms. The van der Waals surface area contributed by atoms with Gasteiger partial charge in [0.05, 0.1) is 19.2 Å². The molecule has 1 fully saturated rings. The fourth-order valence-electron chi connectivity index (χ4n) is 2.99. The van der Waals surface area contributed by atoms with Crippen molar-refractivity contribution in [2.45, 2.75) is 12.6 Å². The van der Waals surface area contributed by atoms with Crippen LogP contribution in [-0.2, 0) is 11.3 Å². The lowest BCUT2D eigenvalue weighted by atomic mass is 10.0. The van der Waals surface area contributed by atoms with Gasteiger partial charge < -0.3 is 9.64 Å². The highest BCUT2D eigenvalue weighted by atomic mass is 19.1. The number of benzene rings is 1. The van der Waals surface area contributed by atoms with E-state index in [1.54, 1.807) is 11.8 Å². The van der Waals surface area contributed by atoms with E-state index in [-0.39, 0.29) is 11.9 Å². The zero-order chi connectivity index (χ0) is 16.9. The van der Waals surface area contributed by atoms with Gasteiger partial charge in [-0.3, -0.25) is 4.90 Å². The minimum Gasteiger partial charge on any atom is -0.383 e. The molecule has 8 heteroatoms. The standard InChI is InChI=1S/C16H23FN6O/c1-21-7-9-22(10-8-21)15(13-3-5-14(17)6-4-13)16-18-19-20-23(16)11-12-24-2/h3-6,15H,7-12H2,1-2H3. The summed E-state index contributed by atoms with van der Waals surface area (Å²) in [5.41, 5.74) is 0.995. The molecule has 3 rings (SSSR count). The maximum Gasteiger partial charge on any atom is 0.173 e. The van der Waals surface area contributed by atoms with Gasteiger partial charge in [0.25, 0.3) is 0 Å². The molecule has 1 aliphatic rings. The predicted octanol–water partition coefficient (Wildman–Crippen LogP) is 0.795. The van der Waals surface area contributed by atoms with Crippen molar-refractivity contribution < 1.29 is 9.13 Å². The van der Waals surface area contributed by atoms with Gasteiger partial charge in [0.15, 0.2) is 5.82 Å². The second-order valence-electron chi connectivity index (χ2n) is 6.05. The number of ether oxygens (including phenoxy) is 1. The largest absolute Gasteiger partial charge is 0.383 e. The Morgan fingerprint density at radius 2 is 1.88 bits per heavy atom. The van der Waals surface area contributed by atoms with Crippen molar-refractivity contribution >= 4 is 0 Å². The van der Waals surface area contributed by atoms with Gasteiger partial charge in [-0.2, -0.15) is 0 Å². The van der Waals surface area contributed by atoms with Crippen LogP contribution in [-0.4, -0.2) is 77.0 Å². The van der Waals surface area contributed by atoms with Crippen LogP contribution in [0.3, 0.4) is 0 Å². The quantitative estimate of drug-likeness (QED) is 0.779. The fourth-order valence-corrected chi connectivity index (χ4v) is 2.99. The van der Waals surface area contributed by atoms with E-state index in [0.717, 1.165) is 37.6 Å². The molecule has 0 aliphatic carbocycles. The first kappa shape index (κ1) is 16.9. The highest BCUT2D eigenvalue weighted by Gasteiger charge is 2.29. The Morgan fingerprint density at radius 1 is 1.17 bits per heavy atom. The van der Waals surface area contributed by atoms with Gasteiger partial charge in [0, 0.05) is 33.3 Å². The summed E-state index contributed by atoms with van der Waals surface area (Å²) in [4.78, 5) is 4.65. The third-order valence-corrected chi connectivity index (χ3v) is 4.40. The van der Waals surface area contributed by atoms with E-state index in [1.807, 2.05) is 12.1 Å². The first-order chi connectivity index (χ1) is 11.7. The van der Waals surface area contributed by atoms with Crippen LogP contribution < -0.4 is 0 Å². The molecule has 1 aromatic carbocycles. The van der Waals surface area contributed by atoms with Crippen LogP contribution in [0.2, 0.25) is 0 Å². The molecule has 130 valence electrons. The van der Waals surface area contributed by atoms with Crippen LogP contribution in [0.25, 0.3) is 0 Å². The first-order valence-electron chi connectivity index (χ1n) is 8.12. The lowest BCUT2D eigenvalue weighted by molar-refractivity contribution is 0.119. The van der Waals surface area contributed by atoms with Crippen molar-refractivity contribution in [2.75, 3.05) is 46.9 Å². The summed E-state index contributed by atoms with van der Waals surface area (Å²) < 4.78 is 20.3. The van der Waals surface area contributed by atoms with Gasteiger partial charge in [-0.1, -0.05) is 12.1 Å². The first-order valence-corrected chi connectivity index (χ1v) is 8.12. The minimum absolute atomic E-state index is 0.0915. The highest BCUT2D eigenvalue weighted by molar-refractivity contribution is 5.25. The molecule has 1 aromatic heterocycles. The predicted molar refractivity (Wildman–Crippen MR) is 87.0 cm³/mol. The Morgan fingerprint density at radius 3 is 2.54 bits per heavy atom. The number of aromatic nitrogens is 4. The summed E-state index contributed by atoms with van der Waals surface area (Å²) >= 11 is 0. The van der Waals surface area contributed by atoms with Crippen LogP contribution in [0.15, 0.2) is 24.3 Å². The summed E-state index contributed by atoms with van der Waals surface area (Å²) in [6, 6.07) is 6.51. The van der Waals surface area contributed by atoms with Crippen LogP contribution in [0.1, 0.15) is 17.4 Å². The topological polar surface area (TPSA) is 59.3 Å². The maximum absolute atomic E-state index is 13.3. The molecule has 0 bridgehead atoms. The van der Waals surface area contributed by atoms with Crippen molar-refractivity contribution in [1.82, 2.24) is 30.0 Å². The lowest BCUT2D eigenvalue weighted by Crippen LogP contribution is -2.46. The summed E-state index contributed by atoms with van der Waals surface area (Å²) in [5, 5.41) is 12.2. The molecule has 1 aliphatic heterocycles. The smallest absolute Gasteiger partial charge is 0.173 e. The second kappa shape index (κ2) is 7.78. The van der Waals surface area contributed by atoms with E-state index in [0.29, 0.717) is 13.2 Å². The van der Waals surface area contributed by atoms with Gasteiger partial charge in [0.1, 0.15) is 5.82 Å². The number of nitrogens with zero attached hydrogens (tertiary/aromatic N) is 6. The fraction of sp³-hybridized carbons (Fsp3) is 0.562. The number of piperazine rings is 1. The number of tetrazole rings is 1. The van der Waals surface area contributed by atoms with Crippen LogP contribution >= 0.6 is 0 Å². The minimum atomic E-state index is -0.241. The van der Waals surface area contributed by atoms with E-state index in [4.69, 9.17) is 4.74 Å². The van der Waals surface area contributed by atoms with E-state index >= 15 is 0 Å². The van der Waals surface area contributed by atoms with Gasteiger partial charge in [0.2, 0.25) is 0 Å². The van der Waals surface area contributed by atoms with Crippen molar-refractivity contribution in [3.63, 3.8) is 0 Å². The van der Waals surface area contributed by atoms with Crippen molar-refractivity contribution in [1.29, 1.82) is 0 Å². The summed E-state index contributed by atoms with van der Waals surface area (Å²) in [6.07, 6.45) is 0. The molecular weight excluding hydrogens is 311 g/mol. The zero-order valence-corrected chi connectivity index (χ0v) is 14.1. The molecule has 2 aromatic rings. The SMILES string of the molecule is COCCn1nnnc1C(c1ccc(F)cc1)N1CCN(C)CC1. The average Bonchev–Trinajstić information content (AvgIpc) is 3.05. The van der Waals surface area contributed by atoms with E-state index < -0.39 is 0 Å². The number of hydrogen-bond acceptors (Lipinski definition) is 6. The van der Waals surface area contributed by atoms with E-state index in [1.165, 1.54) is 12.1 Å². The lowest BCUT2D eigenvalue weighted by Gasteiger charge is -2.37. The molecule has 2 heterocycles. The number of halogens is 1. The normalized spacial score (nSPS) is 18.0. The second-order valence-corrected chi connectivity index (χ2v) is 6.05. The Kier molecular flexibility index (Phi) is 5.49. The van der Waals surface area contributed by atoms with Crippen LogP contribution in [0.4, 0.5) is 4.39 Å². The Labute approximate surface area is 141 Å². The summed E-state index contributed by atoms with van der Waals surface area (Å²) in [7, 11) is 3.77. The summed E-state index contributed by atoms with van der Waals surface area (Å²) in [5.74, 6) is 0.526. The van der Waals surface area contributed by atoms with E-state index in [2.05, 4.69) is 32.4 Å². The molecule has 0 spiro atoms. The van der Waals surface area contributed by atoms with Gasteiger partial charge in [-0.15, -0.1) is 5.10 Å². The molecule has 1 atom stereocenters. The van der Waals surface area contributed by atoms with Crippen LogP contribution in [0.5, 0.6) is 0 Å². The molecule has 0 amide bonds. The average molecular weight is 334 g/mol. The molecule has 0 saturated carbocycles. The Bertz CT molecular complexity index is 638. The summed E-state index contributed by atoms with van der Waals surface area (Å²) in [6.45, 7) is 4.92. The van der Waals surface area contributed by atoms with E-state index in [9.17, 15) is 4.39 Å². The number of methoxy groups -OCH3 is 1. The Hall–Kier alpha value is -1.90.